The van der Waals surface area contributed by atoms with Gasteiger partial charge in [0.25, 0.3) is 0 Å². The Morgan fingerprint density at radius 3 is 2.50 bits per heavy atom. The van der Waals surface area contributed by atoms with E-state index in [1.54, 1.807) is 6.08 Å². The van der Waals surface area contributed by atoms with Crippen LogP contribution in [0, 0.1) is 5.92 Å². The molecule has 0 aromatic heterocycles. The molecule has 0 aliphatic rings. The lowest BCUT2D eigenvalue weighted by atomic mass is 10.1. The normalized spacial score (nSPS) is 11.9. The Hall–Kier alpha value is -0.790. The summed E-state index contributed by atoms with van der Waals surface area (Å²) in [7, 11) is 0. The highest BCUT2D eigenvalue weighted by molar-refractivity contribution is 5.82. The molecular formula is C10H18O2. The van der Waals surface area contributed by atoms with Gasteiger partial charge in [0, 0.05) is 6.08 Å². The Balaban J connectivity index is 3.88. The molecule has 2 nitrogen and oxygen atoms in total. The molecule has 0 spiro atoms. The average molecular weight is 170 g/mol. The zero-order valence-corrected chi connectivity index (χ0v) is 8.39. The van der Waals surface area contributed by atoms with Crippen molar-refractivity contribution in [3.05, 3.63) is 11.6 Å². The van der Waals surface area contributed by atoms with Gasteiger partial charge in [0.15, 0.2) is 0 Å². The summed E-state index contributed by atoms with van der Waals surface area (Å²) in [4.78, 5) is 11.0. The molecule has 0 radical (unpaired) electrons. The summed E-state index contributed by atoms with van der Waals surface area (Å²) < 4.78 is 4.90. The summed E-state index contributed by atoms with van der Waals surface area (Å²) in [5, 5.41) is 0. The quantitative estimate of drug-likeness (QED) is 0.478. The van der Waals surface area contributed by atoms with Crippen molar-refractivity contribution in [1.29, 1.82) is 0 Å². The van der Waals surface area contributed by atoms with Gasteiger partial charge in [-0.15, -0.1) is 0 Å². The smallest absolute Gasteiger partial charge is 0.330 e. The van der Waals surface area contributed by atoms with Gasteiger partial charge >= 0.3 is 5.97 Å². The van der Waals surface area contributed by atoms with E-state index in [0.29, 0.717) is 12.5 Å². The lowest BCUT2D eigenvalue weighted by Crippen LogP contribution is -2.03. The molecule has 0 fully saturated rings. The summed E-state index contributed by atoms with van der Waals surface area (Å²) in [6.45, 7) is 8.54. The maximum atomic E-state index is 11.0. The molecule has 0 amide bonds. The number of hydrogen-bond donors (Lipinski definition) is 0. The van der Waals surface area contributed by atoms with Crippen LogP contribution in [-0.4, -0.2) is 12.6 Å². The van der Waals surface area contributed by atoms with Crippen molar-refractivity contribution in [3.8, 4) is 0 Å². The Bertz CT molecular complexity index is 169. The third-order valence-corrected chi connectivity index (χ3v) is 1.70. The van der Waals surface area contributed by atoms with E-state index in [4.69, 9.17) is 4.74 Å². The summed E-state index contributed by atoms with van der Waals surface area (Å²) in [5.41, 5.74) is 1.07. The molecule has 0 heterocycles. The van der Waals surface area contributed by atoms with E-state index in [1.807, 2.05) is 13.8 Å². The van der Waals surface area contributed by atoms with E-state index in [0.717, 1.165) is 12.0 Å². The zero-order valence-electron chi connectivity index (χ0n) is 8.39. The van der Waals surface area contributed by atoms with Crippen LogP contribution in [0.15, 0.2) is 11.6 Å². The number of ether oxygens (including phenoxy) is 1. The second-order valence-electron chi connectivity index (χ2n) is 3.21. The van der Waals surface area contributed by atoms with E-state index < -0.39 is 0 Å². The van der Waals surface area contributed by atoms with E-state index in [9.17, 15) is 4.79 Å². The first kappa shape index (κ1) is 11.2. The Kier molecular flexibility index (Phi) is 5.43. The van der Waals surface area contributed by atoms with Gasteiger partial charge < -0.3 is 4.74 Å². The maximum Gasteiger partial charge on any atom is 0.330 e. The number of hydrogen-bond acceptors (Lipinski definition) is 2. The molecule has 12 heavy (non-hydrogen) atoms. The molecule has 0 aromatic rings. The van der Waals surface area contributed by atoms with Gasteiger partial charge in [0.1, 0.15) is 0 Å². The van der Waals surface area contributed by atoms with Crippen molar-refractivity contribution in [2.24, 2.45) is 5.92 Å². The Morgan fingerprint density at radius 1 is 1.50 bits per heavy atom. The van der Waals surface area contributed by atoms with Crippen molar-refractivity contribution >= 4 is 5.97 Å². The summed E-state index contributed by atoms with van der Waals surface area (Å²) in [6.07, 6.45) is 2.45. The topological polar surface area (TPSA) is 26.3 Å². The van der Waals surface area contributed by atoms with Crippen LogP contribution in [0.5, 0.6) is 0 Å². The van der Waals surface area contributed by atoms with Gasteiger partial charge in [0.2, 0.25) is 0 Å². The third kappa shape index (κ3) is 4.94. The monoisotopic (exact) mass is 170 g/mol. The molecule has 2 heteroatoms. The molecule has 0 bridgehead atoms. The molecule has 0 saturated carbocycles. The number of carbonyl (C=O) groups excluding carboxylic acids is 1. The first-order valence-electron chi connectivity index (χ1n) is 4.42. The predicted molar refractivity (Wildman–Crippen MR) is 49.8 cm³/mol. The Labute approximate surface area is 74.6 Å². The zero-order chi connectivity index (χ0) is 9.56. The summed E-state index contributed by atoms with van der Waals surface area (Å²) >= 11 is 0. The fourth-order valence-electron chi connectivity index (χ4n) is 0.597. The lowest BCUT2D eigenvalue weighted by molar-refractivity contribution is -0.137. The van der Waals surface area contributed by atoms with Crippen molar-refractivity contribution in [2.45, 2.75) is 34.1 Å². The molecule has 0 rings (SSSR count). The number of carbonyl (C=O) groups is 1. The molecule has 0 N–H and O–H groups in total. The summed E-state index contributed by atoms with van der Waals surface area (Å²) in [6, 6.07) is 0. The van der Waals surface area contributed by atoms with E-state index >= 15 is 0 Å². The first-order chi connectivity index (χ1) is 5.57. The number of allylic oxidation sites excluding steroid dienone is 1. The van der Waals surface area contributed by atoms with E-state index in [2.05, 4.69) is 13.8 Å². The van der Waals surface area contributed by atoms with Crippen LogP contribution in [0.25, 0.3) is 0 Å². The minimum atomic E-state index is -0.219. The average Bonchev–Trinajstić information content (AvgIpc) is 2.00. The molecule has 0 unspecified atom stereocenters. The maximum absolute atomic E-state index is 11.0. The van der Waals surface area contributed by atoms with Crippen molar-refractivity contribution in [1.82, 2.24) is 0 Å². The highest BCUT2D eigenvalue weighted by Crippen LogP contribution is 2.07. The number of esters is 1. The van der Waals surface area contributed by atoms with Crippen LogP contribution >= 0.6 is 0 Å². The molecule has 0 atom stereocenters. The summed E-state index contributed by atoms with van der Waals surface area (Å²) in [5.74, 6) is 0.197. The second-order valence-corrected chi connectivity index (χ2v) is 3.21. The molecule has 0 aliphatic carbocycles. The van der Waals surface area contributed by atoms with Gasteiger partial charge in [-0.3, -0.25) is 0 Å². The van der Waals surface area contributed by atoms with Crippen LogP contribution in [0.1, 0.15) is 34.1 Å². The van der Waals surface area contributed by atoms with Crippen LogP contribution in [0.2, 0.25) is 0 Å². The standard InChI is InChI=1S/C10H18O2/c1-5-6-12-10(11)7-9(4)8(2)3/h7-8H,5-6H2,1-4H3/b9-7+. The lowest BCUT2D eigenvalue weighted by Gasteiger charge is -2.04. The molecule has 0 aromatic carbocycles. The fraction of sp³-hybridized carbons (Fsp3) is 0.700. The van der Waals surface area contributed by atoms with Gasteiger partial charge in [0.05, 0.1) is 6.61 Å². The SMILES string of the molecule is CCCOC(=O)/C=C(\C)C(C)C. The molecule has 70 valence electrons. The van der Waals surface area contributed by atoms with Gasteiger partial charge in [-0.1, -0.05) is 26.3 Å². The van der Waals surface area contributed by atoms with Crippen LogP contribution in [-0.2, 0) is 9.53 Å². The van der Waals surface area contributed by atoms with Gasteiger partial charge in [-0.25, -0.2) is 4.79 Å². The van der Waals surface area contributed by atoms with Crippen molar-refractivity contribution in [3.63, 3.8) is 0 Å². The molecule has 0 saturated heterocycles. The van der Waals surface area contributed by atoms with Crippen LogP contribution in [0.4, 0.5) is 0 Å². The highest BCUT2D eigenvalue weighted by atomic mass is 16.5. The molecule has 0 aliphatic heterocycles. The van der Waals surface area contributed by atoms with Crippen LogP contribution in [0.3, 0.4) is 0 Å². The fourth-order valence-corrected chi connectivity index (χ4v) is 0.597. The van der Waals surface area contributed by atoms with E-state index in [1.165, 1.54) is 0 Å². The second kappa shape index (κ2) is 5.81. The minimum absolute atomic E-state index is 0.219. The first-order valence-corrected chi connectivity index (χ1v) is 4.42. The highest BCUT2D eigenvalue weighted by Gasteiger charge is 2.01. The van der Waals surface area contributed by atoms with Gasteiger partial charge in [-0.2, -0.15) is 0 Å². The predicted octanol–water partition coefficient (Wildman–Crippen LogP) is 2.54. The Morgan fingerprint density at radius 2 is 2.08 bits per heavy atom. The third-order valence-electron chi connectivity index (χ3n) is 1.70. The van der Waals surface area contributed by atoms with E-state index in [-0.39, 0.29) is 5.97 Å². The van der Waals surface area contributed by atoms with Gasteiger partial charge in [-0.05, 0) is 19.3 Å². The van der Waals surface area contributed by atoms with Crippen molar-refractivity contribution in [2.75, 3.05) is 6.61 Å². The number of rotatable bonds is 4. The van der Waals surface area contributed by atoms with Crippen molar-refractivity contribution < 1.29 is 9.53 Å². The largest absolute Gasteiger partial charge is 0.463 e. The molecular weight excluding hydrogens is 152 g/mol. The minimum Gasteiger partial charge on any atom is -0.463 e. The van der Waals surface area contributed by atoms with Crippen LogP contribution < -0.4 is 0 Å².